The number of amides is 2. The lowest BCUT2D eigenvalue weighted by Gasteiger charge is -2.22. The number of aromatic nitrogens is 1. The van der Waals surface area contributed by atoms with Gasteiger partial charge in [-0.3, -0.25) is 9.59 Å². The molecule has 0 aliphatic carbocycles. The van der Waals surface area contributed by atoms with Gasteiger partial charge in [0.1, 0.15) is 6.04 Å². The van der Waals surface area contributed by atoms with E-state index in [9.17, 15) is 9.59 Å². The Morgan fingerprint density at radius 2 is 1.86 bits per heavy atom. The van der Waals surface area contributed by atoms with Crippen molar-refractivity contribution in [2.45, 2.75) is 50.9 Å². The van der Waals surface area contributed by atoms with Crippen LogP contribution in [0.3, 0.4) is 0 Å². The number of pyridine rings is 1. The zero-order chi connectivity index (χ0) is 20.5. The van der Waals surface area contributed by atoms with Gasteiger partial charge in [-0.2, -0.15) is 0 Å². The summed E-state index contributed by atoms with van der Waals surface area (Å²) in [6.07, 6.45) is 2.19. The van der Waals surface area contributed by atoms with Crippen LogP contribution in [-0.4, -0.2) is 22.8 Å². The van der Waals surface area contributed by atoms with Gasteiger partial charge in [0.05, 0.1) is 5.03 Å². The number of hydrogen-bond donors (Lipinski definition) is 2. The molecule has 2 N–H and O–H groups in total. The standard InChI is InChI=1S/C22H29N3O2S/c1-15(2)12-19(26)25-21(16(3)4)22(27)24-18-9-7-8-17(13-18)14-28-20-10-5-6-11-23-20/h5-11,13,15-16,21H,12,14H2,1-4H3,(H,24,27)(H,25,26). The van der Waals surface area contributed by atoms with Crippen LogP contribution in [-0.2, 0) is 15.3 Å². The molecule has 1 unspecified atom stereocenters. The first-order chi connectivity index (χ1) is 13.3. The average Bonchev–Trinajstić information content (AvgIpc) is 2.64. The van der Waals surface area contributed by atoms with E-state index < -0.39 is 6.04 Å². The van der Waals surface area contributed by atoms with Crippen molar-refractivity contribution in [3.8, 4) is 0 Å². The molecule has 0 saturated carbocycles. The summed E-state index contributed by atoms with van der Waals surface area (Å²) in [6, 6.07) is 13.0. The van der Waals surface area contributed by atoms with Crippen molar-refractivity contribution < 1.29 is 9.59 Å². The Kier molecular flexibility index (Phi) is 8.51. The summed E-state index contributed by atoms with van der Waals surface area (Å²) in [6.45, 7) is 7.83. The third-order valence-electron chi connectivity index (χ3n) is 4.08. The van der Waals surface area contributed by atoms with Crippen molar-refractivity contribution in [3.05, 3.63) is 54.2 Å². The van der Waals surface area contributed by atoms with Gasteiger partial charge < -0.3 is 10.6 Å². The average molecular weight is 400 g/mol. The van der Waals surface area contributed by atoms with Gasteiger partial charge in [0.2, 0.25) is 11.8 Å². The maximum Gasteiger partial charge on any atom is 0.247 e. The van der Waals surface area contributed by atoms with E-state index in [2.05, 4.69) is 15.6 Å². The number of nitrogens with one attached hydrogen (secondary N) is 2. The molecule has 1 heterocycles. The van der Waals surface area contributed by atoms with Gasteiger partial charge in [0, 0.05) is 24.1 Å². The fraction of sp³-hybridized carbons (Fsp3) is 0.409. The third kappa shape index (κ3) is 7.35. The molecule has 0 saturated heterocycles. The molecule has 0 spiro atoms. The summed E-state index contributed by atoms with van der Waals surface area (Å²) in [5.74, 6) is 0.730. The maximum absolute atomic E-state index is 12.7. The van der Waals surface area contributed by atoms with Crippen molar-refractivity contribution in [2.24, 2.45) is 11.8 Å². The zero-order valence-corrected chi connectivity index (χ0v) is 17.8. The number of thioether (sulfide) groups is 1. The van der Waals surface area contributed by atoms with Crippen LogP contribution in [0.15, 0.2) is 53.7 Å². The summed E-state index contributed by atoms with van der Waals surface area (Å²) in [7, 11) is 0. The van der Waals surface area contributed by atoms with Gasteiger partial charge in [-0.15, -0.1) is 11.8 Å². The van der Waals surface area contributed by atoms with E-state index in [4.69, 9.17) is 0 Å². The molecule has 1 aromatic heterocycles. The minimum absolute atomic E-state index is 0.000921. The number of carbonyl (C=O) groups excluding carboxylic acids is 2. The Bertz CT molecular complexity index is 778. The first-order valence-corrected chi connectivity index (χ1v) is 10.6. The summed E-state index contributed by atoms with van der Waals surface area (Å²) < 4.78 is 0. The summed E-state index contributed by atoms with van der Waals surface area (Å²) in [5, 5.41) is 6.77. The molecule has 5 nitrogen and oxygen atoms in total. The number of benzene rings is 1. The number of anilines is 1. The number of carbonyl (C=O) groups is 2. The van der Waals surface area contributed by atoms with E-state index in [0.29, 0.717) is 6.42 Å². The van der Waals surface area contributed by atoms with Crippen LogP contribution in [0.4, 0.5) is 5.69 Å². The highest BCUT2D eigenvalue weighted by atomic mass is 32.2. The highest BCUT2D eigenvalue weighted by Crippen LogP contribution is 2.22. The Labute approximate surface area is 171 Å². The first kappa shape index (κ1) is 22.0. The molecule has 28 heavy (non-hydrogen) atoms. The van der Waals surface area contributed by atoms with Gasteiger partial charge in [-0.05, 0) is 41.7 Å². The molecule has 1 aromatic carbocycles. The summed E-state index contributed by atoms with van der Waals surface area (Å²) >= 11 is 1.65. The van der Waals surface area contributed by atoms with Gasteiger partial charge in [0.15, 0.2) is 0 Å². The second-order valence-electron chi connectivity index (χ2n) is 7.53. The molecule has 1 atom stereocenters. The van der Waals surface area contributed by atoms with Crippen molar-refractivity contribution in [1.82, 2.24) is 10.3 Å². The Hall–Kier alpha value is -2.34. The SMILES string of the molecule is CC(C)CC(=O)NC(C(=O)Nc1cccc(CSc2ccccn2)c1)C(C)C. The molecule has 150 valence electrons. The number of rotatable bonds is 9. The minimum Gasteiger partial charge on any atom is -0.344 e. The predicted octanol–water partition coefficient (Wildman–Crippen LogP) is 4.50. The fourth-order valence-electron chi connectivity index (χ4n) is 2.69. The lowest BCUT2D eigenvalue weighted by molar-refractivity contribution is -0.127. The molecule has 0 radical (unpaired) electrons. The minimum atomic E-state index is -0.558. The lowest BCUT2D eigenvalue weighted by Crippen LogP contribution is -2.47. The number of nitrogens with zero attached hydrogens (tertiary/aromatic N) is 1. The Morgan fingerprint density at radius 3 is 2.50 bits per heavy atom. The van der Waals surface area contributed by atoms with Crippen LogP contribution in [0.1, 0.15) is 39.7 Å². The second-order valence-corrected chi connectivity index (χ2v) is 8.53. The molecule has 0 aliphatic rings. The fourth-order valence-corrected chi connectivity index (χ4v) is 3.49. The molecule has 0 fully saturated rings. The largest absolute Gasteiger partial charge is 0.344 e. The highest BCUT2D eigenvalue weighted by molar-refractivity contribution is 7.98. The van der Waals surface area contributed by atoms with Crippen LogP contribution in [0.2, 0.25) is 0 Å². The van der Waals surface area contributed by atoms with E-state index in [-0.39, 0.29) is 23.7 Å². The van der Waals surface area contributed by atoms with Crippen molar-refractivity contribution in [3.63, 3.8) is 0 Å². The Morgan fingerprint density at radius 1 is 1.07 bits per heavy atom. The molecule has 2 aromatic rings. The normalized spacial score (nSPS) is 12.1. The molecular weight excluding hydrogens is 370 g/mol. The molecule has 2 rings (SSSR count). The predicted molar refractivity (Wildman–Crippen MR) is 115 cm³/mol. The monoisotopic (exact) mass is 399 g/mol. The third-order valence-corrected chi connectivity index (χ3v) is 5.09. The molecule has 0 aliphatic heterocycles. The van der Waals surface area contributed by atoms with E-state index >= 15 is 0 Å². The quantitative estimate of drug-likeness (QED) is 0.609. The van der Waals surface area contributed by atoms with E-state index in [1.807, 2.05) is 70.2 Å². The van der Waals surface area contributed by atoms with E-state index in [0.717, 1.165) is 22.0 Å². The number of hydrogen-bond acceptors (Lipinski definition) is 4. The van der Waals surface area contributed by atoms with Gasteiger partial charge in [-0.25, -0.2) is 4.98 Å². The van der Waals surface area contributed by atoms with Gasteiger partial charge >= 0.3 is 0 Å². The molecule has 0 bridgehead atoms. The second kappa shape index (κ2) is 10.9. The topological polar surface area (TPSA) is 71.1 Å². The van der Waals surface area contributed by atoms with E-state index in [1.165, 1.54) is 0 Å². The Balaban J connectivity index is 1.98. The van der Waals surface area contributed by atoms with Crippen LogP contribution >= 0.6 is 11.8 Å². The van der Waals surface area contributed by atoms with Crippen LogP contribution in [0.25, 0.3) is 0 Å². The first-order valence-electron chi connectivity index (χ1n) is 9.58. The van der Waals surface area contributed by atoms with Crippen molar-refractivity contribution in [2.75, 3.05) is 5.32 Å². The van der Waals surface area contributed by atoms with Crippen molar-refractivity contribution in [1.29, 1.82) is 0 Å². The summed E-state index contributed by atoms with van der Waals surface area (Å²) in [5.41, 5.74) is 1.83. The molecular formula is C22H29N3O2S. The van der Waals surface area contributed by atoms with Crippen LogP contribution in [0, 0.1) is 11.8 Å². The zero-order valence-electron chi connectivity index (χ0n) is 16.9. The van der Waals surface area contributed by atoms with Gasteiger partial charge in [0.25, 0.3) is 0 Å². The lowest BCUT2D eigenvalue weighted by atomic mass is 10.0. The smallest absolute Gasteiger partial charge is 0.247 e. The molecule has 6 heteroatoms. The van der Waals surface area contributed by atoms with Crippen LogP contribution in [0.5, 0.6) is 0 Å². The van der Waals surface area contributed by atoms with Crippen LogP contribution < -0.4 is 10.6 Å². The van der Waals surface area contributed by atoms with Gasteiger partial charge in [-0.1, -0.05) is 45.9 Å². The highest BCUT2D eigenvalue weighted by Gasteiger charge is 2.24. The maximum atomic E-state index is 12.7. The van der Waals surface area contributed by atoms with E-state index in [1.54, 1.807) is 18.0 Å². The molecule has 2 amide bonds. The summed E-state index contributed by atoms with van der Waals surface area (Å²) in [4.78, 5) is 29.1. The van der Waals surface area contributed by atoms with Crippen molar-refractivity contribution >= 4 is 29.3 Å².